The molecule has 1 spiro atoms. The molecular weight excluding hydrogens is 485 g/mol. The Morgan fingerprint density at radius 1 is 1.05 bits per heavy atom. The molecule has 9 heteroatoms. The highest BCUT2D eigenvalue weighted by Gasteiger charge is 2.45. The number of halogens is 3. The van der Waals surface area contributed by atoms with Gasteiger partial charge in [0.2, 0.25) is 0 Å². The molecule has 0 bridgehead atoms. The first-order chi connectivity index (χ1) is 17.7. The molecule has 0 aliphatic carbocycles. The van der Waals surface area contributed by atoms with Gasteiger partial charge in [-0.1, -0.05) is 12.1 Å². The molecule has 1 fully saturated rings. The summed E-state index contributed by atoms with van der Waals surface area (Å²) in [7, 11) is 0. The fraction of sp³-hybridized carbons (Fsp3) is 0.393. The minimum absolute atomic E-state index is 0.0202. The number of aromatic nitrogens is 1. The quantitative estimate of drug-likeness (QED) is 0.389. The zero-order valence-electron chi connectivity index (χ0n) is 20.8. The fourth-order valence-electron chi connectivity index (χ4n) is 5.03. The van der Waals surface area contributed by atoms with E-state index < -0.39 is 23.2 Å². The van der Waals surface area contributed by atoms with Crippen molar-refractivity contribution in [3.05, 3.63) is 77.6 Å². The van der Waals surface area contributed by atoms with Crippen LogP contribution in [0.2, 0.25) is 0 Å². The number of rotatable bonds is 6. The predicted molar refractivity (Wildman–Crippen MR) is 131 cm³/mol. The van der Waals surface area contributed by atoms with Crippen molar-refractivity contribution < 1.29 is 32.2 Å². The molecule has 0 N–H and O–H groups in total. The number of carbonyl (C=O) groups excluding carboxylic acids is 1. The number of fused-ring (bicyclic) bond motifs is 4. The zero-order valence-corrected chi connectivity index (χ0v) is 20.8. The lowest BCUT2D eigenvalue weighted by Gasteiger charge is -2.45. The highest BCUT2D eigenvalue weighted by atomic mass is 19.4. The maximum absolute atomic E-state index is 13.8. The lowest BCUT2D eigenvalue weighted by atomic mass is 9.86. The van der Waals surface area contributed by atoms with Gasteiger partial charge in [0, 0.05) is 37.7 Å². The second kappa shape index (κ2) is 9.78. The van der Waals surface area contributed by atoms with Gasteiger partial charge in [-0.25, -0.2) is 0 Å². The third-order valence-corrected chi connectivity index (χ3v) is 6.83. The van der Waals surface area contributed by atoms with Crippen molar-refractivity contribution in [1.82, 2.24) is 9.47 Å². The summed E-state index contributed by atoms with van der Waals surface area (Å²) in [6.45, 7) is 4.53. The van der Waals surface area contributed by atoms with Crippen LogP contribution >= 0.6 is 0 Å². The van der Waals surface area contributed by atoms with Crippen LogP contribution in [-0.4, -0.2) is 47.8 Å². The van der Waals surface area contributed by atoms with E-state index in [0.29, 0.717) is 25.9 Å². The molecular formula is C28H29F3N2O4. The number of para-hydroxylation sites is 2. The third kappa shape index (κ3) is 4.92. The third-order valence-electron chi connectivity index (χ3n) is 6.83. The molecule has 1 saturated heterocycles. The maximum atomic E-state index is 13.8. The average molecular weight is 515 g/mol. The van der Waals surface area contributed by atoms with Gasteiger partial charge in [-0.3, -0.25) is 4.79 Å². The van der Waals surface area contributed by atoms with Gasteiger partial charge in [0.25, 0.3) is 5.91 Å². The van der Waals surface area contributed by atoms with Crippen molar-refractivity contribution in [3.63, 3.8) is 0 Å². The summed E-state index contributed by atoms with van der Waals surface area (Å²) in [4.78, 5) is 14.8. The largest absolute Gasteiger partial charge is 0.491 e. The van der Waals surface area contributed by atoms with Crippen LogP contribution in [0.3, 0.4) is 0 Å². The average Bonchev–Trinajstić information content (AvgIpc) is 3.38. The second-order valence-corrected chi connectivity index (χ2v) is 9.60. The van der Waals surface area contributed by atoms with E-state index in [4.69, 9.17) is 14.2 Å². The van der Waals surface area contributed by atoms with Crippen molar-refractivity contribution in [2.24, 2.45) is 0 Å². The first kappa shape index (κ1) is 25.2. The summed E-state index contributed by atoms with van der Waals surface area (Å²) in [5, 5.41) is 0. The molecule has 0 saturated carbocycles. The van der Waals surface area contributed by atoms with Gasteiger partial charge in [-0.2, -0.15) is 13.2 Å². The van der Waals surface area contributed by atoms with Crippen LogP contribution in [-0.2, 0) is 16.5 Å². The minimum atomic E-state index is -4.66. The van der Waals surface area contributed by atoms with Crippen LogP contribution in [0.15, 0.2) is 60.8 Å². The van der Waals surface area contributed by atoms with Crippen LogP contribution in [0, 0.1) is 0 Å². The normalized spacial score (nSPS) is 16.3. The minimum Gasteiger partial charge on any atom is -0.491 e. The first-order valence-electron chi connectivity index (χ1n) is 12.4. The van der Waals surface area contributed by atoms with Crippen LogP contribution in [0.25, 0.3) is 5.69 Å². The lowest BCUT2D eigenvalue weighted by Crippen LogP contribution is -2.50. The fourth-order valence-corrected chi connectivity index (χ4v) is 5.03. The van der Waals surface area contributed by atoms with E-state index in [2.05, 4.69) is 4.57 Å². The van der Waals surface area contributed by atoms with E-state index in [-0.39, 0.29) is 30.6 Å². The molecule has 2 aliphatic heterocycles. The Kier molecular flexibility index (Phi) is 6.66. The van der Waals surface area contributed by atoms with Crippen molar-refractivity contribution in [1.29, 1.82) is 0 Å². The van der Waals surface area contributed by atoms with Crippen molar-refractivity contribution in [2.45, 2.75) is 44.6 Å². The SMILES string of the molecule is CC(C)OCCOc1ccc(C(=O)N2CCC3(CC2)Oc2ccccc2-n2cccc23)cc1C(F)(F)F. The van der Waals surface area contributed by atoms with E-state index in [9.17, 15) is 18.0 Å². The van der Waals surface area contributed by atoms with Gasteiger partial charge in [0.05, 0.1) is 29.7 Å². The predicted octanol–water partition coefficient (Wildman–Crippen LogP) is 5.82. The standard InChI is InChI=1S/C28H29F3N2O4/c1-19(2)35-16-17-36-23-10-9-20(18-21(23)28(29,30)31)26(34)32-14-11-27(12-15-32)25-8-5-13-33(25)22-6-3-4-7-24(22)37-27/h3-10,13,18-19H,11-12,14-17H2,1-2H3. The molecule has 0 atom stereocenters. The van der Waals surface area contributed by atoms with Crippen LogP contribution in [0.5, 0.6) is 11.5 Å². The highest BCUT2D eigenvalue weighted by molar-refractivity contribution is 5.94. The van der Waals surface area contributed by atoms with Crippen LogP contribution in [0.1, 0.15) is 48.3 Å². The number of amides is 1. The monoisotopic (exact) mass is 514 g/mol. The van der Waals surface area contributed by atoms with E-state index in [1.807, 2.05) is 56.4 Å². The number of piperidine rings is 1. The Hall–Kier alpha value is -3.46. The Labute approximate surface area is 213 Å². The van der Waals surface area contributed by atoms with Gasteiger partial charge in [-0.15, -0.1) is 0 Å². The van der Waals surface area contributed by atoms with Crippen molar-refractivity contribution >= 4 is 5.91 Å². The molecule has 1 aromatic heterocycles. The number of alkyl halides is 3. The molecule has 3 aromatic rings. The number of carbonyl (C=O) groups is 1. The molecule has 2 aliphatic rings. The topological polar surface area (TPSA) is 52.9 Å². The molecule has 3 heterocycles. The Balaban J connectivity index is 1.31. The van der Waals surface area contributed by atoms with Gasteiger partial charge in [0.15, 0.2) is 5.60 Å². The van der Waals surface area contributed by atoms with E-state index in [1.54, 1.807) is 4.90 Å². The summed E-state index contributed by atoms with van der Waals surface area (Å²) >= 11 is 0. The van der Waals surface area contributed by atoms with Gasteiger partial charge >= 0.3 is 6.18 Å². The van der Waals surface area contributed by atoms with Crippen LogP contribution in [0.4, 0.5) is 13.2 Å². The number of hydrogen-bond acceptors (Lipinski definition) is 4. The van der Waals surface area contributed by atoms with Crippen molar-refractivity contribution in [3.8, 4) is 17.2 Å². The second-order valence-electron chi connectivity index (χ2n) is 9.60. The maximum Gasteiger partial charge on any atom is 0.419 e. The van der Waals surface area contributed by atoms with Gasteiger partial charge in [-0.05, 0) is 56.3 Å². The Morgan fingerprint density at radius 3 is 2.54 bits per heavy atom. The number of hydrogen-bond donors (Lipinski definition) is 0. The summed E-state index contributed by atoms with van der Waals surface area (Å²) in [6, 6.07) is 15.3. The molecule has 6 nitrogen and oxygen atoms in total. The summed E-state index contributed by atoms with van der Waals surface area (Å²) < 4.78 is 60.6. The molecule has 0 radical (unpaired) electrons. The molecule has 0 unspecified atom stereocenters. The summed E-state index contributed by atoms with van der Waals surface area (Å²) in [5.74, 6) is 0.0147. The number of likely N-dealkylation sites (tertiary alicyclic amines) is 1. The van der Waals surface area contributed by atoms with E-state index >= 15 is 0 Å². The molecule has 2 aromatic carbocycles. The van der Waals surface area contributed by atoms with Gasteiger partial charge < -0.3 is 23.7 Å². The van der Waals surface area contributed by atoms with E-state index in [0.717, 1.165) is 23.2 Å². The molecule has 196 valence electrons. The van der Waals surface area contributed by atoms with Crippen LogP contribution < -0.4 is 9.47 Å². The number of benzene rings is 2. The lowest BCUT2D eigenvalue weighted by molar-refractivity contribution is -0.139. The number of nitrogens with zero attached hydrogens (tertiary/aromatic N) is 2. The Bertz CT molecular complexity index is 1280. The highest BCUT2D eigenvalue weighted by Crippen LogP contribution is 2.45. The summed E-state index contributed by atoms with van der Waals surface area (Å²) in [5.41, 5.74) is 0.389. The summed E-state index contributed by atoms with van der Waals surface area (Å²) in [6.07, 6.45) is -1.66. The Morgan fingerprint density at radius 2 is 1.81 bits per heavy atom. The number of ether oxygens (including phenoxy) is 3. The molecule has 5 rings (SSSR count). The molecule has 1 amide bonds. The van der Waals surface area contributed by atoms with Gasteiger partial charge in [0.1, 0.15) is 18.1 Å². The smallest absolute Gasteiger partial charge is 0.419 e. The van der Waals surface area contributed by atoms with E-state index in [1.165, 1.54) is 12.1 Å². The molecule has 37 heavy (non-hydrogen) atoms. The first-order valence-corrected chi connectivity index (χ1v) is 12.4. The zero-order chi connectivity index (χ0) is 26.2. The van der Waals surface area contributed by atoms with Crippen molar-refractivity contribution in [2.75, 3.05) is 26.3 Å².